The molecule has 50 heavy (non-hydrogen) atoms. The van der Waals surface area contributed by atoms with Crippen molar-refractivity contribution in [1.82, 2.24) is 20.2 Å². The summed E-state index contributed by atoms with van der Waals surface area (Å²) in [5, 5.41) is 4.18. The summed E-state index contributed by atoms with van der Waals surface area (Å²) >= 11 is 0. The van der Waals surface area contributed by atoms with Gasteiger partial charge in [0, 0.05) is 44.1 Å². The molecule has 5 fully saturated rings. The Morgan fingerprint density at radius 3 is 2.50 bits per heavy atom. The molecule has 4 saturated carbocycles. The van der Waals surface area contributed by atoms with Gasteiger partial charge in [-0.15, -0.1) is 0 Å². The Labute approximate surface area is 302 Å². The summed E-state index contributed by atoms with van der Waals surface area (Å²) in [6, 6.07) is 0. The fourth-order valence-corrected chi connectivity index (χ4v) is 15.2. The first-order valence-electron chi connectivity index (χ1n) is 20.4. The maximum absolute atomic E-state index is 11.9. The van der Waals surface area contributed by atoms with E-state index < -0.39 is 9.84 Å². The lowest BCUT2D eigenvalue weighted by Crippen LogP contribution is -2.64. The van der Waals surface area contributed by atoms with E-state index >= 15 is 0 Å². The smallest absolute Gasteiger partial charge is 0.232 e. The summed E-state index contributed by atoms with van der Waals surface area (Å²) < 4.78 is 29.9. The number of allylic oxidation sites excluding steroid dienone is 4. The molecule has 1 aromatic rings. The van der Waals surface area contributed by atoms with Crippen molar-refractivity contribution in [2.24, 2.45) is 51.8 Å². The summed E-state index contributed by atoms with van der Waals surface area (Å²) in [4.78, 5) is 10.8. The maximum Gasteiger partial charge on any atom is 0.232 e. The van der Waals surface area contributed by atoms with Crippen LogP contribution < -0.4 is 10.1 Å². The Kier molecular flexibility index (Phi) is 9.36. The first-order valence-corrected chi connectivity index (χ1v) is 22.2. The Morgan fingerprint density at radius 1 is 0.900 bits per heavy atom. The summed E-state index contributed by atoms with van der Waals surface area (Å²) in [6.45, 7) is 14.8. The number of hydrogen-bond acceptors (Lipinski definition) is 7. The van der Waals surface area contributed by atoms with E-state index in [1.807, 2.05) is 0 Å². The SMILES string of the molecule is CC1(C)C(C2=CCC(COc3cnccn3)CC2)=CCC2(C)C1CCC1(C)C3CCC4(NCCN5CCS(=O)(=O)CC5)CCC[C@@H]4C3CCC12. The third-order valence-corrected chi connectivity index (χ3v) is 17.9. The van der Waals surface area contributed by atoms with Gasteiger partial charge in [-0.05, 0) is 140 Å². The van der Waals surface area contributed by atoms with Gasteiger partial charge in [0.15, 0.2) is 9.84 Å². The minimum atomic E-state index is -2.82. The third-order valence-electron chi connectivity index (χ3n) is 16.3. The lowest BCUT2D eigenvalue weighted by Gasteiger charge is -2.68. The highest BCUT2D eigenvalue weighted by Crippen LogP contribution is 2.72. The minimum absolute atomic E-state index is 0.204. The predicted molar refractivity (Wildman–Crippen MR) is 200 cm³/mol. The van der Waals surface area contributed by atoms with E-state index in [9.17, 15) is 8.42 Å². The molecule has 9 atom stereocenters. The molecule has 0 amide bonds. The van der Waals surface area contributed by atoms with Crippen LogP contribution in [0.2, 0.25) is 0 Å². The van der Waals surface area contributed by atoms with E-state index in [0.717, 1.165) is 62.1 Å². The van der Waals surface area contributed by atoms with Crippen molar-refractivity contribution in [3.8, 4) is 5.88 Å². The summed E-state index contributed by atoms with van der Waals surface area (Å²) in [5.74, 6) is 5.93. The van der Waals surface area contributed by atoms with Crippen LogP contribution in [0.15, 0.2) is 41.9 Å². The molecular formula is C42H64N4O3S. The summed E-state index contributed by atoms with van der Waals surface area (Å²) in [6.07, 6.45) is 27.5. The summed E-state index contributed by atoms with van der Waals surface area (Å²) in [7, 11) is -2.82. The predicted octanol–water partition coefficient (Wildman–Crippen LogP) is 7.66. The molecule has 1 aliphatic heterocycles. The molecule has 2 heterocycles. The van der Waals surface area contributed by atoms with Gasteiger partial charge in [0.05, 0.1) is 24.3 Å². The zero-order valence-electron chi connectivity index (χ0n) is 31.5. The largest absolute Gasteiger partial charge is 0.476 e. The van der Waals surface area contributed by atoms with Crippen LogP contribution in [-0.4, -0.2) is 73.1 Å². The zero-order valence-corrected chi connectivity index (χ0v) is 32.3. The van der Waals surface area contributed by atoms with Crippen LogP contribution in [0, 0.1) is 51.8 Å². The first-order chi connectivity index (χ1) is 23.9. The fraction of sp³-hybridized carbons (Fsp3) is 0.810. The molecule has 0 aromatic carbocycles. The standard InChI is InChI=1S/C42H64N4O3S/c1-39(2)33(31-9-7-30(8-10-31)29-49-38-28-43-20-21-44-38)13-17-41(4)36(39)15-18-40(3)34-14-19-42(16-5-6-35(42)32(34)11-12-37(40)41)45-22-23-46-24-26-50(47,48)27-25-46/h9,13,20-21,28,30,32,34-37,45H,5-8,10-12,14-19,22-27,29H2,1-4H3/t30?,32?,34?,35-,36?,37?,40?,41?,42?/m1/s1. The molecule has 6 aliphatic carbocycles. The maximum atomic E-state index is 11.9. The second-order valence-corrected chi connectivity index (χ2v) is 21.2. The van der Waals surface area contributed by atoms with Gasteiger partial charge in [-0.2, -0.15) is 0 Å². The van der Waals surface area contributed by atoms with E-state index in [1.54, 1.807) is 29.7 Å². The molecular weight excluding hydrogens is 641 g/mol. The fourth-order valence-electron chi connectivity index (χ4n) is 14.0. The van der Waals surface area contributed by atoms with E-state index in [0.29, 0.717) is 52.8 Å². The van der Waals surface area contributed by atoms with E-state index in [4.69, 9.17) is 4.74 Å². The number of nitrogens with one attached hydrogen (secondary N) is 1. The van der Waals surface area contributed by atoms with Gasteiger partial charge in [0.2, 0.25) is 5.88 Å². The highest BCUT2D eigenvalue weighted by atomic mass is 32.2. The van der Waals surface area contributed by atoms with Gasteiger partial charge >= 0.3 is 0 Å². The number of rotatable bonds is 8. The van der Waals surface area contributed by atoms with Crippen LogP contribution in [0.4, 0.5) is 0 Å². The molecule has 8 heteroatoms. The number of hydrogen-bond donors (Lipinski definition) is 1. The van der Waals surface area contributed by atoms with Gasteiger partial charge < -0.3 is 15.0 Å². The van der Waals surface area contributed by atoms with Crippen LogP contribution >= 0.6 is 0 Å². The molecule has 276 valence electrons. The molecule has 0 bridgehead atoms. The van der Waals surface area contributed by atoms with E-state index in [1.165, 1.54) is 70.6 Å². The van der Waals surface area contributed by atoms with Crippen molar-refractivity contribution < 1.29 is 13.2 Å². The van der Waals surface area contributed by atoms with Gasteiger partial charge in [0.25, 0.3) is 0 Å². The first kappa shape index (κ1) is 35.3. The molecule has 1 saturated heterocycles. The van der Waals surface area contributed by atoms with E-state index in [2.05, 4.69) is 60.0 Å². The number of ether oxygens (including phenoxy) is 1. The molecule has 7 nitrogen and oxygen atoms in total. The number of nitrogens with zero attached hydrogens (tertiary/aromatic N) is 3. The molecule has 7 aliphatic rings. The van der Waals surface area contributed by atoms with Gasteiger partial charge in [-0.1, -0.05) is 46.3 Å². The Bertz CT molecular complexity index is 1560. The number of fused-ring (bicyclic) bond motifs is 7. The minimum Gasteiger partial charge on any atom is -0.476 e. The Hall–Kier alpha value is -1.77. The van der Waals surface area contributed by atoms with Gasteiger partial charge in [-0.25, -0.2) is 13.4 Å². The molecule has 8 rings (SSSR count). The average molecular weight is 705 g/mol. The molecule has 1 aromatic heterocycles. The Balaban J connectivity index is 0.932. The Morgan fingerprint density at radius 2 is 1.74 bits per heavy atom. The second-order valence-electron chi connectivity index (χ2n) is 18.9. The molecule has 8 unspecified atom stereocenters. The zero-order chi connectivity index (χ0) is 34.8. The van der Waals surface area contributed by atoms with Crippen molar-refractivity contribution in [1.29, 1.82) is 0 Å². The number of aromatic nitrogens is 2. The van der Waals surface area contributed by atoms with Crippen LogP contribution in [0.5, 0.6) is 5.88 Å². The molecule has 0 spiro atoms. The highest BCUT2D eigenvalue weighted by molar-refractivity contribution is 7.91. The number of sulfone groups is 1. The van der Waals surface area contributed by atoms with Crippen molar-refractivity contribution in [3.05, 3.63) is 41.9 Å². The lowest BCUT2D eigenvalue weighted by molar-refractivity contribution is -0.175. The highest BCUT2D eigenvalue weighted by Gasteiger charge is 2.65. The topological polar surface area (TPSA) is 84.4 Å². The van der Waals surface area contributed by atoms with Crippen molar-refractivity contribution in [2.45, 2.75) is 117 Å². The van der Waals surface area contributed by atoms with Crippen LogP contribution in [0.3, 0.4) is 0 Å². The van der Waals surface area contributed by atoms with Crippen molar-refractivity contribution in [3.63, 3.8) is 0 Å². The molecule has 1 N–H and O–H groups in total. The quantitative estimate of drug-likeness (QED) is 0.298. The summed E-state index contributed by atoms with van der Waals surface area (Å²) in [5.41, 5.74) is 4.62. The average Bonchev–Trinajstić information content (AvgIpc) is 3.53. The second kappa shape index (κ2) is 13.3. The lowest BCUT2D eigenvalue weighted by atomic mass is 9.37. The van der Waals surface area contributed by atoms with E-state index in [-0.39, 0.29) is 5.41 Å². The van der Waals surface area contributed by atoms with Crippen LogP contribution in [-0.2, 0) is 9.84 Å². The monoisotopic (exact) mass is 704 g/mol. The molecule has 0 radical (unpaired) electrons. The van der Waals surface area contributed by atoms with Crippen LogP contribution in [0.25, 0.3) is 0 Å². The normalized spacial score (nSPS) is 42.2. The van der Waals surface area contributed by atoms with Crippen molar-refractivity contribution >= 4 is 9.84 Å². The third kappa shape index (κ3) is 6.13. The van der Waals surface area contributed by atoms with Gasteiger partial charge in [0.1, 0.15) is 0 Å². The van der Waals surface area contributed by atoms with Gasteiger partial charge in [-0.3, -0.25) is 4.98 Å². The van der Waals surface area contributed by atoms with Crippen molar-refractivity contribution in [2.75, 3.05) is 44.3 Å². The van der Waals surface area contributed by atoms with Crippen LogP contribution in [0.1, 0.15) is 111 Å².